The van der Waals surface area contributed by atoms with Gasteiger partial charge in [0, 0.05) is 6.54 Å². The molecule has 1 aliphatic rings. The second-order valence-corrected chi connectivity index (χ2v) is 4.08. The summed E-state index contributed by atoms with van der Waals surface area (Å²) in [5, 5.41) is 3.40. The van der Waals surface area contributed by atoms with E-state index in [0.717, 1.165) is 13.2 Å². The quantitative estimate of drug-likeness (QED) is 0.735. The fourth-order valence-corrected chi connectivity index (χ4v) is 1.77. The first-order valence-electron chi connectivity index (χ1n) is 5.18. The van der Waals surface area contributed by atoms with Gasteiger partial charge >= 0.3 is 0 Å². The van der Waals surface area contributed by atoms with Gasteiger partial charge in [-0.1, -0.05) is 31.2 Å². The normalized spacial score (nSPS) is 27.6. The van der Waals surface area contributed by atoms with Crippen molar-refractivity contribution in [3.63, 3.8) is 0 Å². The van der Waals surface area contributed by atoms with Crippen LogP contribution in [-0.4, -0.2) is 13.2 Å². The molecule has 1 aromatic rings. The molecule has 1 saturated heterocycles. The van der Waals surface area contributed by atoms with Crippen molar-refractivity contribution in [3.8, 4) is 0 Å². The zero-order valence-electron chi connectivity index (χ0n) is 8.79. The first kappa shape index (κ1) is 9.69. The Morgan fingerprint density at radius 2 is 2.14 bits per heavy atom. The Morgan fingerprint density at radius 3 is 2.79 bits per heavy atom. The summed E-state index contributed by atoms with van der Waals surface area (Å²) in [5.74, 6) is 0.621. The van der Waals surface area contributed by atoms with E-state index >= 15 is 0 Å². The predicted octanol–water partition coefficient (Wildman–Crippen LogP) is 2.25. The minimum atomic E-state index is 0.0902. The van der Waals surface area contributed by atoms with Gasteiger partial charge in [-0.2, -0.15) is 0 Å². The molecular weight excluding hydrogens is 174 g/mol. The van der Waals surface area contributed by atoms with Crippen LogP contribution in [0, 0.1) is 12.8 Å². The number of ether oxygens (including phenoxy) is 1. The van der Waals surface area contributed by atoms with E-state index in [-0.39, 0.29) is 6.23 Å². The maximum Gasteiger partial charge on any atom is 0.134 e. The Kier molecular flexibility index (Phi) is 2.85. The van der Waals surface area contributed by atoms with E-state index in [2.05, 4.69) is 43.4 Å². The third-order valence-electron chi connectivity index (χ3n) is 2.67. The van der Waals surface area contributed by atoms with Gasteiger partial charge in [0.05, 0.1) is 6.61 Å². The number of hydrogen-bond acceptors (Lipinski definition) is 2. The molecule has 1 heterocycles. The van der Waals surface area contributed by atoms with Crippen LogP contribution < -0.4 is 5.32 Å². The SMILES string of the molecule is Cc1ccccc1C1NCC(C)CO1. The van der Waals surface area contributed by atoms with Crippen LogP contribution in [0.5, 0.6) is 0 Å². The minimum Gasteiger partial charge on any atom is -0.359 e. The number of aryl methyl sites for hydroxylation is 1. The fourth-order valence-electron chi connectivity index (χ4n) is 1.77. The van der Waals surface area contributed by atoms with Gasteiger partial charge in [-0.3, -0.25) is 5.32 Å². The standard InChI is InChI=1S/C12H17NO/c1-9-7-13-12(14-8-9)11-6-4-3-5-10(11)2/h3-6,9,12-13H,7-8H2,1-2H3. The number of benzene rings is 1. The van der Waals surface area contributed by atoms with Crippen LogP contribution in [0.15, 0.2) is 24.3 Å². The highest BCUT2D eigenvalue weighted by Crippen LogP contribution is 2.22. The Morgan fingerprint density at radius 1 is 1.36 bits per heavy atom. The minimum absolute atomic E-state index is 0.0902. The average Bonchev–Trinajstić information content (AvgIpc) is 2.20. The Labute approximate surface area is 85.3 Å². The molecule has 1 aromatic carbocycles. The third-order valence-corrected chi connectivity index (χ3v) is 2.67. The average molecular weight is 191 g/mol. The van der Waals surface area contributed by atoms with E-state index in [4.69, 9.17) is 4.74 Å². The molecule has 1 aliphatic heterocycles. The van der Waals surface area contributed by atoms with Gasteiger partial charge in [0.25, 0.3) is 0 Å². The summed E-state index contributed by atoms with van der Waals surface area (Å²) in [4.78, 5) is 0. The highest BCUT2D eigenvalue weighted by Gasteiger charge is 2.20. The van der Waals surface area contributed by atoms with Gasteiger partial charge in [-0.05, 0) is 24.0 Å². The molecule has 0 saturated carbocycles. The topological polar surface area (TPSA) is 21.3 Å². The Hall–Kier alpha value is -0.860. The van der Waals surface area contributed by atoms with Crippen molar-refractivity contribution in [1.29, 1.82) is 0 Å². The van der Waals surface area contributed by atoms with Crippen molar-refractivity contribution >= 4 is 0 Å². The fraction of sp³-hybridized carbons (Fsp3) is 0.500. The zero-order chi connectivity index (χ0) is 9.97. The van der Waals surface area contributed by atoms with Gasteiger partial charge in [0.15, 0.2) is 0 Å². The van der Waals surface area contributed by atoms with Crippen LogP contribution in [-0.2, 0) is 4.74 Å². The number of rotatable bonds is 1. The second-order valence-electron chi connectivity index (χ2n) is 4.08. The molecule has 2 unspecified atom stereocenters. The molecule has 0 bridgehead atoms. The molecule has 2 atom stereocenters. The van der Waals surface area contributed by atoms with E-state index in [0.29, 0.717) is 5.92 Å². The van der Waals surface area contributed by atoms with Crippen molar-refractivity contribution in [2.45, 2.75) is 20.1 Å². The largest absolute Gasteiger partial charge is 0.359 e. The van der Waals surface area contributed by atoms with Crippen molar-refractivity contribution in [2.24, 2.45) is 5.92 Å². The van der Waals surface area contributed by atoms with Crippen molar-refractivity contribution in [3.05, 3.63) is 35.4 Å². The molecule has 0 aliphatic carbocycles. The molecule has 14 heavy (non-hydrogen) atoms. The van der Waals surface area contributed by atoms with Crippen LogP contribution in [0.2, 0.25) is 0 Å². The van der Waals surface area contributed by atoms with Crippen LogP contribution in [0.1, 0.15) is 24.3 Å². The summed E-state index contributed by atoms with van der Waals surface area (Å²) in [6, 6.07) is 8.37. The first-order chi connectivity index (χ1) is 6.77. The summed E-state index contributed by atoms with van der Waals surface area (Å²) in [5.41, 5.74) is 2.55. The summed E-state index contributed by atoms with van der Waals surface area (Å²) in [6.07, 6.45) is 0.0902. The molecule has 76 valence electrons. The monoisotopic (exact) mass is 191 g/mol. The third kappa shape index (κ3) is 1.97. The van der Waals surface area contributed by atoms with Crippen LogP contribution in [0.25, 0.3) is 0 Å². The van der Waals surface area contributed by atoms with Gasteiger partial charge < -0.3 is 4.74 Å². The van der Waals surface area contributed by atoms with Crippen molar-refractivity contribution < 1.29 is 4.74 Å². The van der Waals surface area contributed by atoms with Gasteiger partial charge in [0.1, 0.15) is 6.23 Å². The van der Waals surface area contributed by atoms with E-state index < -0.39 is 0 Å². The van der Waals surface area contributed by atoms with Gasteiger partial charge in [-0.25, -0.2) is 0 Å². The van der Waals surface area contributed by atoms with E-state index in [1.54, 1.807) is 0 Å². The molecule has 0 amide bonds. The van der Waals surface area contributed by atoms with E-state index in [9.17, 15) is 0 Å². The smallest absolute Gasteiger partial charge is 0.134 e. The van der Waals surface area contributed by atoms with E-state index in [1.165, 1.54) is 11.1 Å². The lowest BCUT2D eigenvalue weighted by atomic mass is 10.1. The maximum atomic E-state index is 5.75. The summed E-state index contributed by atoms with van der Waals surface area (Å²) >= 11 is 0. The first-order valence-corrected chi connectivity index (χ1v) is 5.18. The molecule has 2 rings (SSSR count). The van der Waals surface area contributed by atoms with E-state index in [1.807, 2.05) is 0 Å². The van der Waals surface area contributed by atoms with Gasteiger partial charge in [-0.15, -0.1) is 0 Å². The van der Waals surface area contributed by atoms with Crippen molar-refractivity contribution in [2.75, 3.05) is 13.2 Å². The summed E-state index contributed by atoms with van der Waals surface area (Å²) < 4.78 is 5.75. The number of hydrogen-bond donors (Lipinski definition) is 1. The van der Waals surface area contributed by atoms with Gasteiger partial charge in [0.2, 0.25) is 0 Å². The summed E-state index contributed by atoms with van der Waals surface area (Å²) in [6.45, 7) is 6.21. The molecule has 0 radical (unpaired) electrons. The van der Waals surface area contributed by atoms with Crippen molar-refractivity contribution in [1.82, 2.24) is 5.32 Å². The predicted molar refractivity (Wildman–Crippen MR) is 57.0 cm³/mol. The Bertz CT molecular complexity index is 303. The zero-order valence-corrected chi connectivity index (χ0v) is 8.79. The number of nitrogens with one attached hydrogen (secondary N) is 1. The molecule has 2 nitrogen and oxygen atoms in total. The molecular formula is C12H17NO. The molecule has 0 aromatic heterocycles. The summed E-state index contributed by atoms with van der Waals surface area (Å²) in [7, 11) is 0. The molecule has 0 spiro atoms. The molecule has 1 fully saturated rings. The van der Waals surface area contributed by atoms with Crippen LogP contribution in [0.4, 0.5) is 0 Å². The molecule has 2 heteroatoms. The van der Waals surface area contributed by atoms with Crippen LogP contribution in [0.3, 0.4) is 0 Å². The lowest BCUT2D eigenvalue weighted by molar-refractivity contribution is -0.0257. The highest BCUT2D eigenvalue weighted by atomic mass is 16.5. The molecule has 1 N–H and O–H groups in total. The lowest BCUT2D eigenvalue weighted by Crippen LogP contribution is -2.36. The lowest BCUT2D eigenvalue weighted by Gasteiger charge is -2.29. The highest BCUT2D eigenvalue weighted by molar-refractivity contribution is 5.27. The second kappa shape index (κ2) is 4.11. The Balaban J connectivity index is 2.12. The maximum absolute atomic E-state index is 5.75. The van der Waals surface area contributed by atoms with Crippen LogP contribution >= 0.6 is 0 Å².